The molecule has 21 atom stereocenters. The summed E-state index contributed by atoms with van der Waals surface area (Å²) in [5.41, 5.74) is 0.470. The van der Waals surface area contributed by atoms with Gasteiger partial charge in [-0.05, 0) is 126 Å². The molecule has 6 fully saturated rings. The number of ether oxygens (including phenoxy) is 9. The molecule has 30 heteroatoms. The minimum absolute atomic E-state index is 0.0119. The molecule has 0 aromatic rings. The Morgan fingerprint density at radius 3 is 2.18 bits per heavy atom. The quantitative estimate of drug-likeness (QED) is 0.0230. The van der Waals surface area contributed by atoms with Gasteiger partial charge in [0.25, 0.3) is 0 Å². The number of carbonyl (C=O) groups is 3. The normalized spacial score (nSPS) is 33.0. The first-order chi connectivity index (χ1) is 46.0. The summed E-state index contributed by atoms with van der Waals surface area (Å²) < 4.78 is 126. The Bertz CT molecular complexity index is 3070. The zero-order valence-electron chi connectivity index (χ0n) is 56.8. The Hall–Kier alpha value is -4.23. The number of hydrogen-bond donors (Lipinski definition) is 10. The van der Waals surface area contributed by atoms with Crippen molar-refractivity contribution in [2.45, 2.75) is 271 Å². The van der Waals surface area contributed by atoms with Gasteiger partial charge in [0, 0.05) is 57.4 Å². The second-order valence-corrected chi connectivity index (χ2v) is 30.1. The van der Waals surface area contributed by atoms with Gasteiger partial charge in [0.2, 0.25) is 11.7 Å². The van der Waals surface area contributed by atoms with Crippen molar-refractivity contribution in [2.24, 2.45) is 17.8 Å². The molecule has 10 N–H and O–H groups in total. The van der Waals surface area contributed by atoms with Crippen molar-refractivity contribution in [3.05, 3.63) is 84.6 Å². The Kier molecular flexibility index (Phi) is 29.6. The van der Waals surface area contributed by atoms with Crippen LogP contribution in [-0.4, -0.2) is 221 Å². The molecule has 556 valence electrons. The first kappa shape index (κ1) is 81.1. The van der Waals surface area contributed by atoms with E-state index in [1.807, 2.05) is 26.0 Å². The molecule has 7 aliphatic rings. The van der Waals surface area contributed by atoms with E-state index in [1.54, 1.807) is 24.3 Å². The van der Waals surface area contributed by atoms with Gasteiger partial charge in [0.1, 0.15) is 49.8 Å². The lowest BCUT2D eigenvalue weighted by Crippen LogP contribution is -2.60. The van der Waals surface area contributed by atoms with Crippen LogP contribution in [0.3, 0.4) is 0 Å². The molecule has 0 aromatic heterocycles. The Morgan fingerprint density at radius 1 is 0.816 bits per heavy atom. The number of fused-ring (bicyclic) bond motifs is 1. The van der Waals surface area contributed by atoms with Crippen LogP contribution < -0.4 is 5.32 Å². The molecule has 0 radical (unpaired) electrons. The van der Waals surface area contributed by atoms with Crippen LogP contribution in [0.4, 0.5) is 0 Å². The number of rotatable bonds is 34. The van der Waals surface area contributed by atoms with Crippen LogP contribution in [-0.2, 0) is 86.2 Å². The van der Waals surface area contributed by atoms with Crippen LogP contribution in [0.15, 0.2) is 84.6 Å². The van der Waals surface area contributed by atoms with Crippen LogP contribution in [0.5, 0.6) is 0 Å². The fraction of sp³-hybridized carbons (Fsp3) is 0.750. The van der Waals surface area contributed by atoms with Gasteiger partial charge in [-0.1, -0.05) is 82.5 Å². The monoisotopic (exact) mass is 1430 g/mol. The Morgan fingerprint density at radius 2 is 1.50 bits per heavy atom. The number of amides is 1. The SMILES string of the molecule is C=C(C/C=C\CC(=C)COC(=O)[C@@](C)(O)CC1CC[C@@H](O)[C@]2(C=C(C)CC([C@H](C)/C=C/C3CC[C@@]4(CCC5OC([C@@H](O)C[C@H](C)C6O[C@@]7(CCCCO7)CC[C@H]6C)C(=C)[C@@H](O)C5O4)O3)O2)O1)COC(=O)C/C=C/CCC(=O)NCC(O)CC(O)C(OS(=O)(=O)O)C(O)COS(=O)(=O)O. The topological polar surface area (TPSA) is 415 Å². The molecule has 1 amide bonds. The van der Waals surface area contributed by atoms with Crippen molar-refractivity contribution >= 4 is 38.6 Å². The summed E-state index contributed by atoms with van der Waals surface area (Å²) in [6.45, 7) is 20.4. The lowest BCUT2D eigenvalue weighted by Gasteiger charge is -2.50. The van der Waals surface area contributed by atoms with Crippen LogP contribution in [0.1, 0.15) is 163 Å². The lowest BCUT2D eigenvalue weighted by atomic mass is 9.79. The third-order valence-electron chi connectivity index (χ3n) is 19.2. The van der Waals surface area contributed by atoms with E-state index < -0.39 is 154 Å². The van der Waals surface area contributed by atoms with E-state index in [0.29, 0.717) is 87.0 Å². The summed E-state index contributed by atoms with van der Waals surface area (Å²) in [6, 6.07) is 0. The zero-order chi connectivity index (χ0) is 72.0. The molecule has 0 aromatic carbocycles. The summed E-state index contributed by atoms with van der Waals surface area (Å²) in [5.74, 6) is -4.85. The van der Waals surface area contributed by atoms with E-state index in [0.717, 1.165) is 37.7 Å². The largest absolute Gasteiger partial charge is 0.461 e. The number of hydrogen-bond acceptors (Lipinski definition) is 25. The highest BCUT2D eigenvalue weighted by Crippen LogP contribution is 2.48. The van der Waals surface area contributed by atoms with Gasteiger partial charge < -0.3 is 83.7 Å². The van der Waals surface area contributed by atoms with Crippen molar-refractivity contribution in [3.8, 4) is 0 Å². The molecule has 11 unspecified atom stereocenters. The van der Waals surface area contributed by atoms with Crippen LogP contribution in [0.25, 0.3) is 0 Å². The Labute approximate surface area is 575 Å². The summed E-state index contributed by atoms with van der Waals surface area (Å²) in [5, 5.41) is 79.2. The second-order valence-electron chi connectivity index (χ2n) is 27.9. The number of allylic oxidation sites excluding steroid dienone is 3. The molecular formula is C68H105NO27S2. The maximum absolute atomic E-state index is 13.3. The predicted octanol–water partition coefficient (Wildman–Crippen LogP) is 4.99. The van der Waals surface area contributed by atoms with Crippen LogP contribution in [0.2, 0.25) is 0 Å². The molecule has 6 saturated heterocycles. The van der Waals surface area contributed by atoms with Crippen LogP contribution >= 0.6 is 0 Å². The van der Waals surface area contributed by atoms with E-state index in [4.69, 9.17) is 51.7 Å². The average Bonchev–Trinajstić information content (AvgIpc) is 1.13. The summed E-state index contributed by atoms with van der Waals surface area (Å²) in [7, 11) is -10.4. The summed E-state index contributed by atoms with van der Waals surface area (Å²) in [6.07, 6.45) is 6.57. The molecule has 3 spiro atoms. The third-order valence-corrected chi connectivity index (χ3v) is 20.1. The maximum Gasteiger partial charge on any atom is 0.397 e. The van der Waals surface area contributed by atoms with E-state index in [2.05, 4.69) is 47.3 Å². The highest BCUT2D eigenvalue weighted by Gasteiger charge is 2.55. The highest BCUT2D eigenvalue weighted by atomic mass is 32.3. The van der Waals surface area contributed by atoms with Crippen molar-refractivity contribution in [3.63, 3.8) is 0 Å². The van der Waals surface area contributed by atoms with Gasteiger partial charge in [-0.25, -0.2) is 13.2 Å². The van der Waals surface area contributed by atoms with E-state index in [9.17, 15) is 67.0 Å². The first-order valence-corrected chi connectivity index (χ1v) is 36.8. The van der Waals surface area contributed by atoms with Gasteiger partial charge >= 0.3 is 32.7 Å². The van der Waals surface area contributed by atoms with E-state index in [1.165, 1.54) is 13.0 Å². The molecular weight excluding hydrogens is 1330 g/mol. The van der Waals surface area contributed by atoms with Crippen molar-refractivity contribution in [1.29, 1.82) is 0 Å². The molecule has 7 aliphatic heterocycles. The van der Waals surface area contributed by atoms with E-state index >= 15 is 0 Å². The molecule has 0 bridgehead atoms. The van der Waals surface area contributed by atoms with Gasteiger partial charge in [-0.2, -0.15) is 16.8 Å². The van der Waals surface area contributed by atoms with E-state index in [-0.39, 0.29) is 69.4 Å². The van der Waals surface area contributed by atoms with Gasteiger partial charge in [-0.3, -0.25) is 18.7 Å². The Balaban J connectivity index is 0.760. The lowest BCUT2D eigenvalue weighted by molar-refractivity contribution is -0.321. The predicted molar refractivity (Wildman–Crippen MR) is 351 cm³/mol. The fourth-order valence-corrected chi connectivity index (χ4v) is 14.7. The summed E-state index contributed by atoms with van der Waals surface area (Å²) in [4.78, 5) is 37.9. The highest BCUT2D eigenvalue weighted by molar-refractivity contribution is 7.81. The maximum atomic E-state index is 13.3. The van der Waals surface area contributed by atoms with Crippen molar-refractivity contribution in [2.75, 3.05) is 33.0 Å². The second kappa shape index (κ2) is 35.8. The number of aliphatic hydroxyl groups excluding tert-OH is 6. The van der Waals surface area contributed by atoms with Crippen molar-refractivity contribution < 1.29 is 127 Å². The molecule has 7 heterocycles. The van der Waals surface area contributed by atoms with Crippen molar-refractivity contribution in [1.82, 2.24) is 5.32 Å². The molecule has 7 rings (SSSR count). The number of nitrogens with one attached hydrogen (secondary N) is 1. The molecule has 0 aliphatic carbocycles. The third kappa shape index (κ3) is 23.9. The first-order valence-electron chi connectivity index (χ1n) is 34.0. The molecule has 0 saturated carbocycles. The smallest absolute Gasteiger partial charge is 0.397 e. The number of carbonyl (C=O) groups excluding carboxylic acids is 3. The number of aliphatic hydroxyl groups is 7. The standard InChI is InChI=1S/C68H105NO27S2/c1-41(38-86-58(76)19-11-9-10-18-57(75)69-37-48(70)34-52(72)62(96-98(83,84)85)53(73)40-89-97(80,81)82)16-12-13-17-42(2)39-87-64(78)65(8,79)36-50-22-23-56(74)68(92-50)35-43(3)32-55(93-68)44(4)20-21-49-25-29-67(91-49)30-26-54-63(95-67)59(77)47(7)61(90-54)51(71)33-46(6)60-45(5)24-28-66(94-60)27-14-15-31-88-66/h9,11-13,20-21,35,44-46,48-56,59-63,70-74,77,79H,1-2,7,10,14-19,22-34,36-40H2,3-6,8H3,(H,69,75)(H,80,81,82)(H,83,84,85)/b11-9+,13-12-,21-20+/t44-,45-,46+,48?,49?,50?,51+,52?,53?,54?,55?,56-,59-,60?,61?,62?,63?,65+,66+,67-,68-/m1/s1. The minimum Gasteiger partial charge on any atom is -0.461 e. The molecule has 28 nitrogen and oxygen atoms in total. The van der Waals surface area contributed by atoms with Gasteiger partial charge in [-0.15, -0.1) is 0 Å². The fourth-order valence-electron chi connectivity index (χ4n) is 13.8. The summed E-state index contributed by atoms with van der Waals surface area (Å²) >= 11 is 0. The van der Waals surface area contributed by atoms with Crippen LogP contribution in [0, 0.1) is 17.8 Å². The number of esters is 2. The van der Waals surface area contributed by atoms with Gasteiger partial charge in [0.05, 0.1) is 68.5 Å². The minimum atomic E-state index is -5.31. The molecule has 98 heavy (non-hydrogen) atoms. The van der Waals surface area contributed by atoms with Gasteiger partial charge in [0.15, 0.2) is 17.2 Å². The zero-order valence-corrected chi connectivity index (χ0v) is 58.5. The average molecular weight is 1430 g/mol.